The predicted octanol–water partition coefficient (Wildman–Crippen LogP) is 3.32. The molecule has 1 aromatic rings. The highest BCUT2D eigenvalue weighted by Gasteiger charge is 2.27. The average Bonchev–Trinajstić information content (AvgIpc) is 2.71. The number of ether oxygens (including phenoxy) is 1. The van der Waals surface area contributed by atoms with Crippen molar-refractivity contribution in [3.05, 3.63) is 29.8 Å². The van der Waals surface area contributed by atoms with Crippen molar-refractivity contribution >= 4 is 17.5 Å². The molecule has 2 rings (SSSR count). The van der Waals surface area contributed by atoms with E-state index in [4.69, 9.17) is 16.3 Å². The normalized spacial score (nSPS) is 19.9. The summed E-state index contributed by atoms with van der Waals surface area (Å²) in [6.45, 7) is 0.786. The van der Waals surface area contributed by atoms with Crippen LogP contribution in [0.3, 0.4) is 0 Å². The quantitative estimate of drug-likeness (QED) is 0.796. The average molecular weight is 282 g/mol. The maximum absolute atomic E-state index is 12.7. The molecule has 0 bridgehead atoms. The summed E-state index contributed by atoms with van der Waals surface area (Å²) in [4.78, 5) is 14.6. The molecule has 1 fully saturated rings. The van der Waals surface area contributed by atoms with Gasteiger partial charge in [0.1, 0.15) is 5.75 Å². The van der Waals surface area contributed by atoms with E-state index >= 15 is 0 Å². The lowest BCUT2D eigenvalue weighted by Crippen LogP contribution is -2.41. The van der Waals surface area contributed by atoms with Gasteiger partial charge in [0.2, 0.25) is 0 Å². The molecule has 0 radical (unpaired) electrons. The van der Waals surface area contributed by atoms with E-state index in [1.54, 1.807) is 7.11 Å². The number of amides is 1. The zero-order valence-corrected chi connectivity index (χ0v) is 12.0. The predicted molar refractivity (Wildman–Crippen MR) is 77.0 cm³/mol. The third-order valence-electron chi connectivity index (χ3n) is 3.65. The van der Waals surface area contributed by atoms with E-state index in [1.165, 1.54) is 6.42 Å². The summed E-state index contributed by atoms with van der Waals surface area (Å²) in [5.41, 5.74) is 0.627. The van der Waals surface area contributed by atoms with E-state index in [2.05, 4.69) is 0 Å². The van der Waals surface area contributed by atoms with Crippen LogP contribution in [0, 0.1) is 0 Å². The smallest absolute Gasteiger partial charge is 0.257 e. The van der Waals surface area contributed by atoms with E-state index in [9.17, 15) is 4.79 Å². The Morgan fingerprint density at radius 1 is 1.37 bits per heavy atom. The summed E-state index contributed by atoms with van der Waals surface area (Å²) in [5.74, 6) is 1.16. The number of para-hydroxylation sites is 1. The van der Waals surface area contributed by atoms with E-state index in [1.807, 2.05) is 29.2 Å². The molecule has 0 aromatic heterocycles. The SMILES string of the molecule is COc1ccccc1C(=O)N1CCCCCC1CCl. The van der Waals surface area contributed by atoms with E-state index in [-0.39, 0.29) is 11.9 Å². The van der Waals surface area contributed by atoms with Gasteiger partial charge >= 0.3 is 0 Å². The Morgan fingerprint density at radius 3 is 2.89 bits per heavy atom. The lowest BCUT2D eigenvalue weighted by Gasteiger charge is -2.29. The van der Waals surface area contributed by atoms with Crippen LogP contribution in [-0.2, 0) is 0 Å². The first kappa shape index (κ1) is 14.2. The van der Waals surface area contributed by atoms with Gasteiger partial charge in [-0.05, 0) is 25.0 Å². The fraction of sp³-hybridized carbons (Fsp3) is 0.533. The molecular weight excluding hydrogens is 262 g/mol. The number of rotatable bonds is 3. The summed E-state index contributed by atoms with van der Waals surface area (Å²) < 4.78 is 5.28. The first-order chi connectivity index (χ1) is 9.27. The number of likely N-dealkylation sites (tertiary alicyclic amines) is 1. The van der Waals surface area contributed by atoms with Crippen LogP contribution >= 0.6 is 11.6 Å². The minimum Gasteiger partial charge on any atom is -0.496 e. The van der Waals surface area contributed by atoms with Crippen molar-refractivity contribution in [1.82, 2.24) is 4.90 Å². The van der Waals surface area contributed by atoms with Crippen molar-refractivity contribution in [2.24, 2.45) is 0 Å². The first-order valence-corrected chi connectivity index (χ1v) is 7.31. The molecule has 0 aliphatic carbocycles. The van der Waals surface area contributed by atoms with Crippen LogP contribution in [0.5, 0.6) is 5.75 Å². The van der Waals surface area contributed by atoms with Crippen LogP contribution in [0.15, 0.2) is 24.3 Å². The molecular formula is C15H20ClNO2. The molecule has 1 aliphatic heterocycles. The minimum absolute atomic E-state index is 0.0324. The molecule has 19 heavy (non-hydrogen) atoms. The summed E-state index contributed by atoms with van der Waals surface area (Å²) in [5, 5.41) is 0. The Kier molecular flexibility index (Phi) is 5.08. The number of benzene rings is 1. The van der Waals surface area contributed by atoms with Crippen molar-refractivity contribution in [2.75, 3.05) is 19.5 Å². The second-order valence-corrected chi connectivity index (χ2v) is 5.16. The van der Waals surface area contributed by atoms with Gasteiger partial charge in [-0.3, -0.25) is 4.79 Å². The Morgan fingerprint density at radius 2 is 2.16 bits per heavy atom. The van der Waals surface area contributed by atoms with Gasteiger partial charge < -0.3 is 9.64 Å². The van der Waals surface area contributed by atoms with Gasteiger partial charge in [-0.15, -0.1) is 11.6 Å². The molecule has 1 amide bonds. The minimum atomic E-state index is 0.0324. The van der Waals surface area contributed by atoms with Crippen LogP contribution in [0.25, 0.3) is 0 Å². The van der Waals surface area contributed by atoms with Crippen LogP contribution < -0.4 is 4.74 Å². The van der Waals surface area contributed by atoms with Crippen molar-refractivity contribution in [1.29, 1.82) is 0 Å². The van der Waals surface area contributed by atoms with Gasteiger partial charge in [0.05, 0.1) is 12.7 Å². The highest BCUT2D eigenvalue weighted by molar-refractivity contribution is 6.18. The van der Waals surface area contributed by atoms with Gasteiger partial charge in [-0.25, -0.2) is 0 Å². The Balaban J connectivity index is 2.25. The second kappa shape index (κ2) is 6.80. The second-order valence-electron chi connectivity index (χ2n) is 4.86. The van der Waals surface area contributed by atoms with Crippen LogP contribution in [0.4, 0.5) is 0 Å². The van der Waals surface area contributed by atoms with Gasteiger partial charge in [0.15, 0.2) is 0 Å². The van der Waals surface area contributed by atoms with Crippen LogP contribution in [0.2, 0.25) is 0 Å². The third-order valence-corrected chi connectivity index (χ3v) is 4.01. The lowest BCUT2D eigenvalue weighted by atomic mass is 10.1. The van der Waals surface area contributed by atoms with Gasteiger partial charge in [-0.1, -0.05) is 25.0 Å². The molecule has 0 N–H and O–H groups in total. The lowest BCUT2D eigenvalue weighted by molar-refractivity contribution is 0.0697. The monoisotopic (exact) mass is 281 g/mol. The standard InChI is InChI=1S/C15H20ClNO2/c1-19-14-9-5-4-8-13(14)15(18)17-10-6-2-3-7-12(17)11-16/h4-5,8-9,12H,2-3,6-7,10-11H2,1H3. The Labute approximate surface area is 119 Å². The van der Waals surface area contributed by atoms with Gasteiger partial charge in [0.25, 0.3) is 5.91 Å². The number of methoxy groups -OCH3 is 1. The van der Waals surface area contributed by atoms with Crippen molar-refractivity contribution in [2.45, 2.75) is 31.7 Å². The van der Waals surface area contributed by atoms with Gasteiger partial charge in [0, 0.05) is 18.5 Å². The fourth-order valence-electron chi connectivity index (χ4n) is 2.58. The summed E-state index contributed by atoms with van der Waals surface area (Å²) in [6.07, 6.45) is 4.36. The topological polar surface area (TPSA) is 29.5 Å². The number of alkyl halides is 1. The maximum atomic E-state index is 12.7. The molecule has 0 spiro atoms. The number of carbonyl (C=O) groups is 1. The zero-order chi connectivity index (χ0) is 13.7. The number of hydrogen-bond acceptors (Lipinski definition) is 2. The summed E-state index contributed by atoms with van der Waals surface area (Å²) in [6, 6.07) is 7.51. The number of halogens is 1. The summed E-state index contributed by atoms with van der Waals surface area (Å²) in [7, 11) is 1.59. The fourth-order valence-corrected chi connectivity index (χ4v) is 2.90. The van der Waals surface area contributed by atoms with Crippen LogP contribution in [0.1, 0.15) is 36.0 Å². The number of hydrogen-bond donors (Lipinski definition) is 0. The van der Waals surface area contributed by atoms with Crippen molar-refractivity contribution < 1.29 is 9.53 Å². The third kappa shape index (κ3) is 3.21. The molecule has 1 aliphatic rings. The molecule has 1 atom stereocenters. The highest BCUT2D eigenvalue weighted by Crippen LogP contribution is 2.24. The molecule has 4 heteroatoms. The van der Waals surface area contributed by atoms with Gasteiger partial charge in [-0.2, -0.15) is 0 Å². The molecule has 1 heterocycles. The van der Waals surface area contributed by atoms with Crippen LogP contribution in [-0.4, -0.2) is 36.4 Å². The molecule has 3 nitrogen and oxygen atoms in total. The molecule has 1 saturated heterocycles. The molecule has 1 unspecified atom stereocenters. The van der Waals surface area contributed by atoms with E-state index in [0.29, 0.717) is 17.2 Å². The maximum Gasteiger partial charge on any atom is 0.257 e. The first-order valence-electron chi connectivity index (χ1n) is 6.78. The largest absolute Gasteiger partial charge is 0.496 e. The summed E-state index contributed by atoms with van der Waals surface area (Å²) >= 11 is 6.03. The zero-order valence-electron chi connectivity index (χ0n) is 11.3. The Bertz CT molecular complexity index is 436. The Hall–Kier alpha value is -1.22. The number of nitrogens with zero attached hydrogens (tertiary/aromatic N) is 1. The molecule has 1 aromatic carbocycles. The molecule has 0 saturated carbocycles. The number of carbonyl (C=O) groups excluding carboxylic acids is 1. The molecule has 104 valence electrons. The van der Waals surface area contributed by atoms with Crippen molar-refractivity contribution in [3.8, 4) is 5.75 Å². The van der Waals surface area contributed by atoms with E-state index in [0.717, 1.165) is 25.8 Å². The van der Waals surface area contributed by atoms with E-state index < -0.39 is 0 Å². The highest BCUT2D eigenvalue weighted by atomic mass is 35.5. The van der Waals surface area contributed by atoms with Crippen molar-refractivity contribution in [3.63, 3.8) is 0 Å².